The zero-order chi connectivity index (χ0) is 14.4. The predicted molar refractivity (Wildman–Crippen MR) is 75.6 cm³/mol. The van der Waals surface area contributed by atoms with Gasteiger partial charge in [-0.3, -0.25) is 4.79 Å². The van der Waals surface area contributed by atoms with Gasteiger partial charge in [-0.25, -0.2) is 0 Å². The SMILES string of the molecule is O=C(O[C@H]1C[C@@H]2C[C@H](C1)C1OC12)[C@H](CO)c1ccccc1. The van der Waals surface area contributed by atoms with Crippen LogP contribution in [0.2, 0.25) is 0 Å². The molecule has 1 aromatic rings. The van der Waals surface area contributed by atoms with E-state index in [-0.39, 0.29) is 18.7 Å². The fourth-order valence-electron chi connectivity index (χ4n) is 4.13. The molecule has 0 spiro atoms. The van der Waals surface area contributed by atoms with Gasteiger partial charge in [0.05, 0.1) is 18.8 Å². The van der Waals surface area contributed by atoms with Gasteiger partial charge in [0, 0.05) is 0 Å². The smallest absolute Gasteiger partial charge is 0.316 e. The first-order valence-corrected chi connectivity index (χ1v) is 7.78. The van der Waals surface area contributed by atoms with Crippen molar-refractivity contribution in [3.8, 4) is 0 Å². The summed E-state index contributed by atoms with van der Waals surface area (Å²) in [4.78, 5) is 12.4. The Kier molecular flexibility index (Phi) is 3.23. The molecular weight excluding hydrogens is 268 g/mol. The number of epoxide rings is 1. The molecule has 0 amide bonds. The molecule has 4 rings (SSSR count). The summed E-state index contributed by atoms with van der Waals surface area (Å²) in [7, 11) is 0. The van der Waals surface area contributed by atoms with E-state index in [4.69, 9.17) is 9.47 Å². The van der Waals surface area contributed by atoms with E-state index < -0.39 is 5.92 Å². The third kappa shape index (κ3) is 2.36. The largest absolute Gasteiger partial charge is 0.462 e. The maximum Gasteiger partial charge on any atom is 0.316 e. The molecule has 112 valence electrons. The number of hydrogen-bond donors (Lipinski definition) is 1. The van der Waals surface area contributed by atoms with Gasteiger partial charge < -0.3 is 14.6 Å². The molecule has 3 fully saturated rings. The summed E-state index contributed by atoms with van der Waals surface area (Å²) >= 11 is 0. The van der Waals surface area contributed by atoms with Crippen molar-refractivity contribution < 1.29 is 19.4 Å². The molecular formula is C17H20O4. The summed E-state index contributed by atoms with van der Waals surface area (Å²) in [6.07, 6.45) is 3.91. The van der Waals surface area contributed by atoms with Gasteiger partial charge in [0.25, 0.3) is 0 Å². The number of carbonyl (C=O) groups is 1. The van der Waals surface area contributed by atoms with Gasteiger partial charge in [0.2, 0.25) is 0 Å². The summed E-state index contributed by atoms with van der Waals surface area (Å²) in [6.45, 7) is -0.212. The first kappa shape index (κ1) is 13.3. The van der Waals surface area contributed by atoms with Crippen LogP contribution < -0.4 is 0 Å². The van der Waals surface area contributed by atoms with Gasteiger partial charge in [-0.2, -0.15) is 0 Å². The third-order valence-corrected chi connectivity index (χ3v) is 5.18. The highest BCUT2D eigenvalue weighted by Crippen LogP contribution is 2.54. The molecule has 1 aliphatic heterocycles. The topological polar surface area (TPSA) is 59.1 Å². The monoisotopic (exact) mass is 288 g/mol. The Morgan fingerprint density at radius 3 is 2.48 bits per heavy atom. The van der Waals surface area contributed by atoms with Gasteiger partial charge in [-0.05, 0) is 36.7 Å². The van der Waals surface area contributed by atoms with Crippen molar-refractivity contribution >= 4 is 5.97 Å². The number of fused-ring (bicyclic) bond motifs is 5. The molecule has 1 aromatic carbocycles. The van der Waals surface area contributed by atoms with Crippen LogP contribution in [-0.2, 0) is 14.3 Å². The Hall–Kier alpha value is -1.39. The summed E-state index contributed by atoms with van der Waals surface area (Å²) in [6, 6.07) is 9.35. The third-order valence-electron chi connectivity index (χ3n) is 5.18. The molecule has 1 N–H and O–H groups in total. The molecule has 2 unspecified atom stereocenters. The maximum absolute atomic E-state index is 12.4. The summed E-state index contributed by atoms with van der Waals surface area (Å²) in [5.74, 6) is 0.257. The Labute approximate surface area is 124 Å². The van der Waals surface area contributed by atoms with Crippen LogP contribution >= 0.6 is 0 Å². The highest BCUT2D eigenvalue weighted by Gasteiger charge is 2.59. The average molecular weight is 288 g/mol. The van der Waals surface area contributed by atoms with E-state index >= 15 is 0 Å². The average Bonchev–Trinajstić information content (AvgIpc) is 3.25. The number of aliphatic hydroxyl groups is 1. The number of hydrogen-bond acceptors (Lipinski definition) is 4. The number of carbonyl (C=O) groups excluding carboxylic acids is 1. The second kappa shape index (κ2) is 5.11. The van der Waals surface area contributed by atoms with E-state index in [1.165, 1.54) is 6.42 Å². The molecule has 0 radical (unpaired) electrons. The first-order chi connectivity index (χ1) is 10.3. The van der Waals surface area contributed by atoms with Gasteiger partial charge in [-0.15, -0.1) is 0 Å². The summed E-state index contributed by atoms with van der Waals surface area (Å²) < 4.78 is 11.3. The van der Waals surface area contributed by atoms with Crippen molar-refractivity contribution in [1.82, 2.24) is 0 Å². The molecule has 2 saturated carbocycles. The Balaban J connectivity index is 1.41. The molecule has 2 bridgehead atoms. The number of ether oxygens (including phenoxy) is 2. The maximum atomic E-state index is 12.4. The standard InChI is InChI=1S/C17H20O4/c18-9-14(10-4-2-1-3-5-10)17(19)20-13-7-11-6-12(8-13)16-15(11)21-16/h1-5,11-16,18H,6-9H2/t11-,12+,13-,14-,15?,16?/m1/s1. The van der Waals surface area contributed by atoms with Crippen molar-refractivity contribution in [2.24, 2.45) is 11.8 Å². The minimum Gasteiger partial charge on any atom is -0.462 e. The number of esters is 1. The molecule has 1 saturated heterocycles. The predicted octanol–water partition coefficient (Wildman–Crippen LogP) is 1.87. The van der Waals surface area contributed by atoms with Crippen molar-refractivity contribution in [1.29, 1.82) is 0 Å². The minimum absolute atomic E-state index is 0.00425. The quantitative estimate of drug-likeness (QED) is 0.679. The van der Waals surface area contributed by atoms with Crippen LogP contribution in [0.25, 0.3) is 0 Å². The van der Waals surface area contributed by atoms with Crippen LogP contribution in [0, 0.1) is 11.8 Å². The fraction of sp³-hybridized carbons (Fsp3) is 0.588. The van der Waals surface area contributed by atoms with Gasteiger partial charge in [-0.1, -0.05) is 30.3 Å². The lowest BCUT2D eigenvalue weighted by molar-refractivity contribution is -0.155. The van der Waals surface area contributed by atoms with E-state index in [0.717, 1.165) is 18.4 Å². The van der Waals surface area contributed by atoms with Gasteiger partial charge in [0.1, 0.15) is 12.0 Å². The van der Waals surface area contributed by atoms with Crippen LogP contribution in [-0.4, -0.2) is 36.0 Å². The Morgan fingerprint density at radius 2 is 1.86 bits per heavy atom. The van der Waals surface area contributed by atoms with Crippen LogP contribution in [0.1, 0.15) is 30.7 Å². The van der Waals surface area contributed by atoms with Gasteiger partial charge in [0.15, 0.2) is 0 Å². The van der Waals surface area contributed by atoms with Crippen molar-refractivity contribution in [2.45, 2.75) is 43.5 Å². The summed E-state index contributed by atoms with van der Waals surface area (Å²) in [5.41, 5.74) is 0.815. The van der Waals surface area contributed by atoms with Crippen molar-refractivity contribution in [3.63, 3.8) is 0 Å². The molecule has 4 heteroatoms. The number of aliphatic hydroxyl groups excluding tert-OH is 1. The van der Waals surface area contributed by atoms with E-state index in [2.05, 4.69) is 0 Å². The van der Waals surface area contributed by atoms with Crippen LogP contribution in [0.15, 0.2) is 30.3 Å². The molecule has 2 aliphatic carbocycles. The zero-order valence-corrected chi connectivity index (χ0v) is 11.9. The molecule has 3 aliphatic rings. The number of rotatable bonds is 4. The van der Waals surface area contributed by atoms with Crippen molar-refractivity contribution in [3.05, 3.63) is 35.9 Å². The lowest BCUT2D eigenvalue weighted by Crippen LogP contribution is -2.32. The molecule has 1 heterocycles. The van der Waals surface area contributed by atoms with Gasteiger partial charge >= 0.3 is 5.97 Å². The lowest BCUT2D eigenvalue weighted by Gasteiger charge is -2.30. The van der Waals surface area contributed by atoms with E-state index in [9.17, 15) is 9.90 Å². The number of benzene rings is 1. The normalized spacial score (nSPS) is 37.7. The second-order valence-corrected chi connectivity index (χ2v) is 6.50. The Morgan fingerprint density at radius 1 is 1.19 bits per heavy atom. The van der Waals surface area contributed by atoms with Crippen LogP contribution in [0.3, 0.4) is 0 Å². The van der Waals surface area contributed by atoms with Crippen LogP contribution in [0.4, 0.5) is 0 Å². The minimum atomic E-state index is -0.573. The summed E-state index contributed by atoms with van der Waals surface area (Å²) in [5, 5.41) is 9.52. The van der Waals surface area contributed by atoms with E-state index in [1.54, 1.807) is 0 Å². The molecule has 0 aromatic heterocycles. The lowest BCUT2D eigenvalue weighted by atomic mass is 9.85. The van der Waals surface area contributed by atoms with Crippen LogP contribution in [0.5, 0.6) is 0 Å². The Bertz CT molecular complexity index is 513. The fourth-order valence-corrected chi connectivity index (χ4v) is 4.13. The van der Waals surface area contributed by atoms with E-state index in [0.29, 0.717) is 24.0 Å². The highest BCUT2D eigenvalue weighted by molar-refractivity contribution is 5.78. The molecule has 6 atom stereocenters. The first-order valence-electron chi connectivity index (χ1n) is 7.78. The highest BCUT2D eigenvalue weighted by atomic mass is 16.6. The van der Waals surface area contributed by atoms with E-state index in [1.807, 2.05) is 30.3 Å². The second-order valence-electron chi connectivity index (χ2n) is 6.50. The zero-order valence-electron chi connectivity index (χ0n) is 11.9. The molecule has 4 nitrogen and oxygen atoms in total. The molecule has 21 heavy (non-hydrogen) atoms. The van der Waals surface area contributed by atoms with Crippen molar-refractivity contribution in [2.75, 3.05) is 6.61 Å².